The van der Waals surface area contributed by atoms with Crippen molar-refractivity contribution in [3.8, 4) is 0 Å². The molecule has 2 saturated heterocycles. The van der Waals surface area contributed by atoms with Crippen LogP contribution in [0.5, 0.6) is 0 Å². The van der Waals surface area contributed by atoms with Crippen molar-refractivity contribution in [2.75, 3.05) is 44.6 Å². The lowest BCUT2D eigenvalue weighted by atomic mass is 9.68. The molecule has 0 amide bonds. The molecule has 1 aliphatic carbocycles. The molecule has 3 fully saturated rings. The van der Waals surface area contributed by atoms with E-state index >= 15 is 0 Å². The fourth-order valence-electron chi connectivity index (χ4n) is 5.33. The first-order valence-corrected chi connectivity index (χ1v) is 11.9. The third kappa shape index (κ3) is 5.05. The Morgan fingerprint density at radius 3 is 2.55 bits per heavy atom. The molecular formula is C26H38N2O5. The maximum absolute atomic E-state index is 12.7. The molecule has 1 aromatic carbocycles. The van der Waals surface area contributed by atoms with Crippen LogP contribution in [-0.4, -0.2) is 69.8 Å². The number of anilines is 2. The van der Waals surface area contributed by atoms with Gasteiger partial charge in [0.1, 0.15) is 30.0 Å². The Morgan fingerprint density at radius 1 is 1.27 bits per heavy atom. The predicted molar refractivity (Wildman–Crippen MR) is 129 cm³/mol. The molecule has 6 unspecified atom stereocenters. The van der Waals surface area contributed by atoms with Gasteiger partial charge < -0.3 is 29.2 Å². The van der Waals surface area contributed by atoms with E-state index in [4.69, 9.17) is 18.9 Å². The van der Waals surface area contributed by atoms with Crippen LogP contribution in [0.15, 0.2) is 35.9 Å². The lowest BCUT2D eigenvalue weighted by Crippen LogP contribution is -2.55. The summed E-state index contributed by atoms with van der Waals surface area (Å²) in [6, 6.07) is 7.95. The van der Waals surface area contributed by atoms with E-state index in [1.807, 2.05) is 43.3 Å². The lowest BCUT2D eigenvalue weighted by molar-refractivity contribution is -0.170. The number of carbonyl (C=O) groups is 1. The average Bonchev–Trinajstić information content (AvgIpc) is 3.69. The Kier molecular flexibility index (Phi) is 6.76. The Balaban J connectivity index is 1.38. The molecule has 1 saturated carbocycles. The van der Waals surface area contributed by atoms with Crippen LogP contribution in [0.25, 0.3) is 0 Å². The van der Waals surface area contributed by atoms with Crippen LogP contribution in [0, 0.1) is 5.92 Å². The van der Waals surface area contributed by atoms with Crippen molar-refractivity contribution in [1.82, 2.24) is 0 Å². The summed E-state index contributed by atoms with van der Waals surface area (Å²) in [7, 11) is 5.69. The highest BCUT2D eigenvalue weighted by molar-refractivity contribution is 5.75. The zero-order valence-electron chi connectivity index (χ0n) is 20.7. The molecule has 2 heterocycles. The summed E-state index contributed by atoms with van der Waals surface area (Å²) in [6.07, 6.45) is 4.24. The summed E-state index contributed by atoms with van der Waals surface area (Å²) in [5.41, 5.74) is 2.72. The minimum absolute atomic E-state index is 0.0312. The van der Waals surface area contributed by atoms with Gasteiger partial charge in [-0.15, -0.1) is 0 Å². The predicted octanol–water partition coefficient (Wildman–Crippen LogP) is 3.78. The minimum Gasteiger partial charge on any atom is -0.458 e. The van der Waals surface area contributed by atoms with Crippen molar-refractivity contribution < 1.29 is 23.7 Å². The average molecular weight is 459 g/mol. The lowest BCUT2D eigenvalue weighted by Gasteiger charge is -2.42. The number of esters is 1. The smallest absolute Gasteiger partial charge is 0.325 e. The van der Waals surface area contributed by atoms with E-state index in [0.717, 1.165) is 37.2 Å². The molecular weight excluding hydrogens is 420 g/mol. The van der Waals surface area contributed by atoms with Crippen LogP contribution in [0.1, 0.15) is 40.0 Å². The second kappa shape index (κ2) is 9.28. The monoisotopic (exact) mass is 458 g/mol. The van der Waals surface area contributed by atoms with Gasteiger partial charge in [0, 0.05) is 32.6 Å². The number of allylic oxidation sites excluding steroid dienone is 1. The molecule has 1 spiro atoms. The van der Waals surface area contributed by atoms with Gasteiger partial charge in [0.25, 0.3) is 0 Å². The van der Waals surface area contributed by atoms with Crippen molar-refractivity contribution in [2.24, 2.45) is 5.92 Å². The summed E-state index contributed by atoms with van der Waals surface area (Å²) in [5, 5.41) is 3.16. The molecule has 6 atom stereocenters. The zero-order chi connectivity index (χ0) is 23.8. The van der Waals surface area contributed by atoms with Gasteiger partial charge in [0.15, 0.2) is 0 Å². The quantitative estimate of drug-likeness (QED) is 0.343. The Bertz CT molecular complexity index is 875. The van der Waals surface area contributed by atoms with Crippen LogP contribution in [0.3, 0.4) is 0 Å². The van der Waals surface area contributed by atoms with E-state index in [1.54, 1.807) is 7.11 Å². The Labute approximate surface area is 197 Å². The van der Waals surface area contributed by atoms with E-state index in [1.165, 1.54) is 5.57 Å². The number of methoxy groups -OCH3 is 1. The Morgan fingerprint density at radius 2 is 1.97 bits per heavy atom. The molecule has 1 N–H and O–H groups in total. The van der Waals surface area contributed by atoms with Crippen LogP contribution in [0.2, 0.25) is 0 Å². The number of hydrogen-bond acceptors (Lipinski definition) is 7. The first-order valence-electron chi connectivity index (χ1n) is 11.9. The second-order valence-electron chi connectivity index (χ2n) is 10.2. The maximum Gasteiger partial charge on any atom is 0.325 e. The first-order chi connectivity index (χ1) is 15.7. The van der Waals surface area contributed by atoms with Gasteiger partial charge in [0.05, 0.1) is 18.6 Å². The van der Waals surface area contributed by atoms with Crippen molar-refractivity contribution in [1.29, 1.82) is 0 Å². The highest BCUT2D eigenvalue weighted by atomic mass is 16.6. The van der Waals surface area contributed by atoms with E-state index in [0.29, 0.717) is 0 Å². The highest BCUT2D eigenvalue weighted by Crippen LogP contribution is 2.59. The molecule has 4 rings (SSSR count). The number of nitrogens with one attached hydrogen (secondary N) is 1. The summed E-state index contributed by atoms with van der Waals surface area (Å²) in [5.74, 6) is -0.253. The van der Waals surface area contributed by atoms with Crippen molar-refractivity contribution >= 4 is 17.3 Å². The summed E-state index contributed by atoms with van der Waals surface area (Å²) >= 11 is 0. The van der Waals surface area contributed by atoms with Gasteiger partial charge in [0.2, 0.25) is 0 Å². The standard InChI is InChI=1S/C26H38N2O5/c1-17(2)7-12-21-25(3,33-21)24-23(30-6)20(13-14-26(24)16-31-26)32-22(29)15-27-18-8-10-19(11-9-18)28(4)5/h7-11,20-21,23-24,27H,12-16H2,1-6H3. The number of rotatable bonds is 9. The van der Waals surface area contributed by atoms with Gasteiger partial charge in [-0.3, -0.25) is 4.79 Å². The highest BCUT2D eigenvalue weighted by Gasteiger charge is 2.72. The summed E-state index contributed by atoms with van der Waals surface area (Å²) in [4.78, 5) is 14.7. The molecule has 2 aliphatic heterocycles. The van der Waals surface area contributed by atoms with Gasteiger partial charge in [-0.25, -0.2) is 0 Å². The third-order valence-electron chi connectivity index (χ3n) is 7.34. The number of benzene rings is 1. The molecule has 3 aliphatic rings. The van der Waals surface area contributed by atoms with Crippen LogP contribution in [-0.2, 0) is 23.7 Å². The number of hydrogen-bond donors (Lipinski definition) is 1. The number of ether oxygens (including phenoxy) is 4. The van der Waals surface area contributed by atoms with Crippen LogP contribution < -0.4 is 10.2 Å². The molecule has 33 heavy (non-hydrogen) atoms. The van der Waals surface area contributed by atoms with Gasteiger partial charge in [-0.05, 0) is 64.3 Å². The van der Waals surface area contributed by atoms with Crippen LogP contribution >= 0.6 is 0 Å². The van der Waals surface area contributed by atoms with Gasteiger partial charge in [-0.1, -0.05) is 11.6 Å². The zero-order valence-corrected chi connectivity index (χ0v) is 20.7. The molecule has 0 bridgehead atoms. The largest absolute Gasteiger partial charge is 0.458 e. The summed E-state index contributed by atoms with van der Waals surface area (Å²) in [6.45, 7) is 7.18. The third-order valence-corrected chi connectivity index (χ3v) is 7.34. The molecule has 1 aromatic rings. The van der Waals surface area contributed by atoms with E-state index in [2.05, 4.69) is 32.2 Å². The maximum atomic E-state index is 12.7. The number of carbonyl (C=O) groups excluding carboxylic acids is 1. The van der Waals surface area contributed by atoms with Gasteiger partial charge >= 0.3 is 5.97 Å². The van der Waals surface area contributed by atoms with E-state index < -0.39 is 0 Å². The van der Waals surface area contributed by atoms with Crippen molar-refractivity contribution in [3.63, 3.8) is 0 Å². The van der Waals surface area contributed by atoms with E-state index in [9.17, 15) is 4.79 Å². The summed E-state index contributed by atoms with van der Waals surface area (Å²) < 4.78 is 24.1. The molecule has 0 radical (unpaired) electrons. The SMILES string of the molecule is COC1C(OC(=O)CNc2ccc(N(C)C)cc2)CCC2(CO2)C1C1(C)OC1CC=C(C)C. The molecule has 0 aromatic heterocycles. The molecule has 7 heteroatoms. The number of epoxide rings is 2. The second-order valence-corrected chi connectivity index (χ2v) is 10.2. The van der Waals surface area contributed by atoms with Crippen LogP contribution in [0.4, 0.5) is 11.4 Å². The normalized spacial score (nSPS) is 34.5. The van der Waals surface area contributed by atoms with Crippen molar-refractivity contribution in [3.05, 3.63) is 35.9 Å². The fraction of sp³-hybridized carbons (Fsp3) is 0.654. The molecule has 7 nitrogen and oxygen atoms in total. The van der Waals surface area contributed by atoms with Crippen molar-refractivity contribution in [2.45, 2.75) is 69.5 Å². The van der Waals surface area contributed by atoms with Gasteiger partial charge in [-0.2, -0.15) is 0 Å². The van der Waals surface area contributed by atoms with E-state index in [-0.39, 0.29) is 47.9 Å². The topological polar surface area (TPSA) is 75.9 Å². The Hall–Kier alpha value is -2.09. The number of nitrogens with zero attached hydrogens (tertiary/aromatic N) is 1. The first kappa shape index (κ1) is 24.0. The molecule has 182 valence electrons. The fourth-order valence-corrected chi connectivity index (χ4v) is 5.33. The minimum atomic E-state index is -0.333.